The number of hydrogen-bond donors (Lipinski definition) is 0. The summed E-state index contributed by atoms with van der Waals surface area (Å²) in [6.45, 7) is 6.60. The minimum absolute atomic E-state index is 0.215. The molecule has 100 valence electrons. The Morgan fingerprint density at radius 1 is 1.59 bits per heavy atom. The summed E-state index contributed by atoms with van der Waals surface area (Å²) in [6, 6.07) is 0. The third kappa shape index (κ3) is 6.61. The number of alkyl halides is 1. The van der Waals surface area contributed by atoms with E-state index in [1.54, 1.807) is 0 Å². The topological polar surface area (TPSA) is 29.5 Å². The Kier molecular flexibility index (Phi) is 6.48. The normalized spacial score (nSPS) is 23.4. The van der Waals surface area contributed by atoms with Gasteiger partial charge in [-0.2, -0.15) is 0 Å². The van der Waals surface area contributed by atoms with Crippen LogP contribution in [0.1, 0.15) is 39.5 Å². The third-order valence-electron chi connectivity index (χ3n) is 3.19. The summed E-state index contributed by atoms with van der Waals surface area (Å²) in [5.41, 5.74) is 0. The number of nitrogens with zero attached hydrogens (tertiary/aromatic N) is 1. The molecule has 1 rings (SSSR count). The number of rotatable bonds is 6. The van der Waals surface area contributed by atoms with Gasteiger partial charge in [0, 0.05) is 13.5 Å². The Morgan fingerprint density at radius 3 is 3.00 bits per heavy atom. The fraction of sp³-hybridized carbons (Fsp3) is 0.923. The van der Waals surface area contributed by atoms with Crippen molar-refractivity contribution in [2.24, 2.45) is 5.92 Å². The molecular weight excluding hydrogens is 221 g/mol. The highest BCUT2D eigenvalue weighted by Crippen LogP contribution is 2.14. The lowest BCUT2D eigenvalue weighted by Crippen LogP contribution is -2.37. The molecular formula is C13H24FNO2. The van der Waals surface area contributed by atoms with Gasteiger partial charge in [-0.1, -0.05) is 6.92 Å². The van der Waals surface area contributed by atoms with Gasteiger partial charge in [0.2, 0.25) is 0 Å². The lowest BCUT2D eigenvalue weighted by Gasteiger charge is -2.29. The summed E-state index contributed by atoms with van der Waals surface area (Å²) in [4.78, 5) is 12.8. The Balaban J connectivity index is 2.04. The molecule has 0 N–H and O–H groups in total. The van der Waals surface area contributed by atoms with Crippen LogP contribution in [-0.4, -0.2) is 43.3 Å². The van der Waals surface area contributed by atoms with E-state index in [2.05, 4.69) is 11.8 Å². The van der Waals surface area contributed by atoms with E-state index in [0.29, 0.717) is 19.1 Å². The van der Waals surface area contributed by atoms with Crippen molar-refractivity contribution in [1.82, 2.24) is 4.90 Å². The molecule has 1 fully saturated rings. The number of carbonyl (C=O) groups excluding carboxylic acids is 1. The summed E-state index contributed by atoms with van der Waals surface area (Å²) in [6.07, 6.45) is 3.14. The third-order valence-corrected chi connectivity index (χ3v) is 3.19. The molecule has 1 aliphatic heterocycles. The molecule has 0 saturated carbocycles. The maximum absolute atomic E-state index is 13.1. The molecule has 0 aromatic carbocycles. The Bertz CT molecular complexity index is 235. The summed E-state index contributed by atoms with van der Waals surface area (Å²) in [5.74, 6) is 0.179. The van der Waals surface area contributed by atoms with Gasteiger partial charge < -0.3 is 9.64 Å². The summed E-state index contributed by atoms with van der Waals surface area (Å²) in [5, 5.41) is 0. The van der Waals surface area contributed by atoms with Gasteiger partial charge in [-0.3, -0.25) is 4.79 Å². The predicted octanol–water partition coefficient (Wildman–Crippen LogP) is 2.40. The van der Waals surface area contributed by atoms with E-state index in [1.807, 2.05) is 0 Å². The first-order chi connectivity index (χ1) is 8.08. The van der Waals surface area contributed by atoms with Gasteiger partial charge in [0.15, 0.2) is 0 Å². The average Bonchev–Trinajstić information content (AvgIpc) is 2.26. The molecule has 1 heterocycles. The van der Waals surface area contributed by atoms with Crippen molar-refractivity contribution in [3.05, 3.63) is 0 Å². The molecule has 1 aliphatic rings. The van der Waals surface area contributed by atoms with Crippen molar-refractivity contribution in [2.45, 2.75) is 45.7 Å². The standard InChI is InChI=1S/C13H24FNO2/c1-11(10-17-12(2)16)5-3-7-15-8-4-6-13(14)9-15/h11,13H,3-10H2,1-2H3. The van der Waals surface area contributed by atoms with E-state index >= 15 is 0 Å². The van der Waals surface area contributed by atoms with Gasteiger partial charge in [0.1, 0.15) is 6.17 Å². The summed E-state index contributed by atoms with van der Waals surface area (Å²) >= 11 is 0. The van der Waals surface area contributed by atoms with Crippen LogP contribution in [0.4, 0.5) is 4.39 Å². The second-order valence-corrected chi connectivity index (χ2v) is 5.09. The molecule has 0 aromatic rings. The van der Waals surface area contributed by atoms with Crippen LogP contribution >= 0.6 is 0 Å². The highest BCUT2D eigenvalue weighted by molar-refractivity contribution is 5.65. The van der Waals surface area contributed by atoms with Gasteiger partial charge in [-0.15, -0.1) is 0 Å². The van der Waals surface area contributed by atoms with Gasteiger partial charge in [-0.05, 0) is 44.7 Å². The first kappa shape index (κ1) is 14.4. The number of likely N-dealkylation sites (tertiary alicyclic amines) is 1. The smallest absolute Gasteiger partial charge is 0.302 e. The molecule has 0 aromatic heterocycles. The van der Waals surface area contributed by atoms with E-state index in [4.69, 9.17) is 4.74 Å². The summed E-state index contributed by atoms with van der Waals surface area (Å²) < 4.78 is 18.1. The zero-order valence-electron chi connectivity index (χ0n) is 11.0. The van der Waals surface area contributed by atoms with Crippen LogP contribution in [0.2, 0.25) is 0 Å². The average molecular weight is 245 g/mol. The monoisotopic (exact) mass is 245 g/mol. The van der Waals surface area contributed by atoms with E-state index in [-0.39, 0.29) is 5.97 Å². The van der Waals surface area contributed by atoms with Crippen LogP contribution in [0.25, 0.3) is 0 Å². The van der Waals surface area contributed by atoms with Crippen molar-refractivity contribution in [3.8, 4) is 0 Å². The van der Waals surface area contributed by atoms with Crippen molar-refractivity contribution < 1.29 is 13.9 Å². The second-order valence-electron chi connectivity index (χ2n) is 5.09. The van der Waals surface area contributed by atoms with Crippen LogP contribution < -0.4 is 0 Å². The van der Waals surface area contributed by atoms with Crippen LogP contribution in [0.3, 0.4) is 0 Å². The molecule has 2 unspecified atom stereocenters. The number of piperidine rings is 1. The molecule has 0 radical (unpaired) electrons. The maximum atomic E-state index is 13.1. The highest BCUT2D eigenvalue weighted by Gasteiger charge is 2.18. The fourth-order valence-corrected chi connectivity index (χ4v) is 2.21. The molecule has 17 heavy (non-hydrogen) atoms. The number of ether oxygens (including phenoxy) is 1. The second kappa shape index (κ2) is 7.64. The molecule has 0 bridgehead atoms. The molecule has 4 heteroatoms. The number of halogens is 1. The minimum atomic E-state index is -0.637. The number of carbonyl (C=O) groups is 1. The lowest BCUT2D eigenvalue weighted by atomic mass is 10.1. The number of hydrogen-bond acceptors (Lipinski definition) is 3. The molecule has 0 aliphatic carbocycles. The van der Waals surface area contributed by atoms with Gasteiger partial charge >= 0.3 is 5.97 Å². The van der Waals surface area contributed by atoms with Gasteiger partial charge in [0.05, 0.1) is 6.61 Å². The molecule has 1 saturated heterocycles. The first-order valence-corrected chi connectivity index (χ1v) is 6.57. The minimum Gasteiger partial charge on any atom is -0.466 e. The fourth-order valence-electron chi connectivity index (χ4n) is 2.21. The highest BCUT2D eigenvalue weighted by atomic mass is 19.1. The molecule has 3 nitrogen and oxygen atoms in total. The quantitative estimate of drug-likeness (QED) is 0.673. The van der Waals surface area contributed by atoms with Crippen molar-refractivity contribution >= 4 is 5.97 Å². The zero-order valence-corrected chi connectivity index (χ0v) is 11.0. The van der Waals surface area contributed by atoms with Crippen molar-refractivity contribution in [1.29, 1.82) is 0 Å². The molecule has 0 amide bonds. The zero-order chi connectivity index (χ0) is 12.7. The Hall–Kier alpha value is -0.640. The SMILES string of the molecule is CC(=O)OCC(C)CCCN1CCCC(F)C1. The van der Waals surface area contributed by atoms with Crippen molar-refractivity contribution in [2.75, 3.05) is 26.2 Å². The van der Waals surface area contributed by atoms with Crippen molar-refractivity contribution in [3.63, 3.8) is 0 Å². The molecule has 2 atom stereocenters. The largest absolute Gasteiger partial charge is 0.466 e. The van der Waals surface area contributed by atoms with E-state index in [9.17, 15) is 9.18 Å². The van der Waals surface area contributed by atoms with Crippen LogP contribution in [0.5, 0.6) is 0 Å². The van der Waals surface area contributed by atoms with Crippen LogP contribution in [0, 0.1) is 5.92 Å². The van der Waals surface area contributed by atoms with E-state index in [1.165, 1.54) is 6.92 Å². The number of esters is 1. The van der Waals surface area contributed by atoms with Gasteiger partial charge in [0.25, 0.3) is 0 Å². The Labute approximate surface area is 103 Å². The summed E-state index contributed by atoms with van der Waals surface area (Å²) in [7, 11) is 0. The molecule has 0 spiro atoms. The lowest BCUT2D eigenvalue weighted by molar-refractivity contribution is -0.142. The van der Waals surface area contributed by atoms with Crippen LogP contribution in [-0.2, 0) is 9.53 Å². The predicted molar refractivity (Wildman–Crippen MR) is 65.6 cm³/mol. The van der Waals surface area contributed by atoms with Crippen LogP contribution in [0.15, 0.2) is 0 Å². The van der Waals surface area contributed by atoms with Gasteiger partial charge in [-0.25, -0.2) is 4.39 Å². The maximum Gasteiger partial charge on any atom is 0.302 e. The van der Waals surface area contributed by atoms with E-state index in [0.717, 1.165) is 38.8 Å². The van der Waals surface area contributed by atoms with E-state index < -0.39 is 6.17 Å². The Morgan fingerprint density at radius 2 is 2.35 bits per heavy atom. The first-order valence-electron chi connectivity index (χ1n) is 6.57.